The molecule has 1 amide bonds. The van der Waals surface area contributed by atoms with E-state index in [0.717, 1.165) is 29.1 Å². The average molecular weight is 369 g/mol. The third-order valence-electron chi connectivity index (χ3n) is 4.79. The molecule has 0 bridgehead atoms. The van der Waals surface area contributed by atoms with Gasteiger partial charge in [0, 0.05) is 7.05 Å². The molecule has 25 heavy (non-hydrogen) atoms. The predicted molar refractivity (Wildman–Crippen MR) is 105 cm³/mol. The Hall–Kier alpha value is -1.85. The zero-order valence-electron chi connectivity index (χ0n) is 14.1. The number of benzene rings is 2. The van der Waals surface area contributed by atoms with Crippen molar-refractivity contribution in [2.24, 2.45) is 0 Å². The van der Waals surface area contributed by atoms with E-state index < -0.39 is 0 Å². The summed E-state index contributed by atoms with van der Waals surface area (Å²) in [5.74, 6) is 0.612. The molecule has 1 unspecified atom stereocenters. The number of nitrogens with zero attached hydrogens (tertiary/aromatic N) is 2. The third-order valence-corrected chi connectivity index (χ3v) is 6.96. The van der Waals surface area contributed by atoms with Gasteiger partial charge in [-0.05, 0) is 42.5 Å². The van der Waals surface area contributed by atoms with Crippen LogP contribution in [0, 0.1) is 0 Å². The molecule has 0 aliphatic heterocycles. The van der Waals surface area contributed by atoms with Gasteiger partial charge in [-0.25, -0.2) is 4.98 Å². The van der Waals surface area contributed by atoms with Gasteiger partial charge in [0.15, 0.2) is 4.34 Å². The molecule has 0 saturated heterocycles. The van der Waals surface area contributed by atoms with Crippen LogP contribution in [-0.4, -0.2) is 28.6 Å². The minimum absolute atomic E-state index is 0.172. The molecule has 0 saturated carbocycles. The summed E-state index contributed by atoms with van der Waals surface area (Å²) in [4.78, 5) is 19.3. The molecule has 1 atom stereocenters. The molecule has 1 heterocycles. The Kier molecular flexibility index (Phi) is 4.77. The van der Waals surface area contributed by atoms with Crippen molar-refractivity contribution in [3.05, 3.63) is 59.7 Å². The van der Waals surface area contributed by atoms with E-state index in [0.29, 0.717) is 5.75 Å². The molecule has 2 aromatic carbocycles. The van der Waals surface area contributed by atoms with Crippen LogP contribution in [-0.2, 0) is 11.2 Å². The number of para-hydroxylation sites is 1. The summed E-state index contributed by atoms with van der Waals surface area (Å²) in [7, 11) is 1.94. The van der Waals surface area contributed by atoms with E-state index in [1.54, 1.807) is 23.1 Å². The molecule has 1 aromatic heterocycles. The number of carbonyl (C=O) groups is 1. The standard InChI is InChI=1S/C20H20N2OS2/c1-22(17-11-6-8-14-7-2-3-9-15(14)17)19(23)13-24-20-21-16-10-4-5-12-18(16)25-20/h2-5,7,9-10,12,17H,6,8,11,13H2,1H3. The molecular formula is C20H20N2OS2. The van der Waals surface area contributed by atoms with Crippen molar-refractivity contribution in [2.75, 3.05) is 12.8 Å². The number of rotatable bonds is 4. The molecule has 1 aliphatic carbocycles. The summed E-state index contributed by atoms with van der Waals surface area (Å²) >= 11 is 3.20. The Balaban J connectivity index is 1.44. The Labute approximate surface area is 156 Å². The molecule has 0 spiro atoms. The molecule has 0 fully saturated rings. The predicted octanol–water partition coefficient (Wildman–Crippen LogP) is 4.92. The molecule has 3 aromatic rings. The largest absolute Gasteiger partial charge is 0.338 e. The molecule has 5 heteroatoms. The number of aryl methyl sites for hydroxylation is 1. The number of hydrogen-bond acceptors (Lipinski definition) is 4. The summed E-state index contributed by atoms with van der Waals surface area (Å²) in [6.45, 7) is 0. The maximum Gasteiger partial charge on any atom is 0.233 e. The second-order valence-electron chi connectivity index (χ2n) is 6.35. The van der Waals surface area contributed by atoms with E-state index in [-0.39, 0.29) is 11.9 Å². The van der Waals surface area contributed by atoms with E-state index in [1.165, 1.54) is 15.8 Å². The number of hydrogen-bond donors (Lipinski definition) is 0. The van der Waals surface area contributed by atoms with Crippen molar-refractivity contribution in [2.45, 2.75) is 29.6 Å². The third kappa shape index (κ3) is 3.44. The molecule has 0 N–H and O–H groups in total. The summed E-state index contributed by atoms with van der Waals surface area (Å²) in [5, 5.41) is 0. The summed E-state index contributed by atoms with van der Waals surface area (Å²) < 4.78 is 2.14. The van der Waals surface area contributed by atoms with Crippen LogP contribution >= 0.6 is 23.1 Å². The first-order valence-electron chi connectivity index (χ1n) is 8.54. The minimum atomic E-state index is 0.172. The zero-order valence-corrected chi connectivity index (χ0v) is 15.8. The number of thioether (sulfide) groups is 1. The lowest BCUT2D eigenvalue weighted by Crippen LogP contribution is -2.34. The fourth-order valence-electron chi connectivity index (χ4n) is 3.44. The highest BCUT2D eigenvalue weighted by molar-refractivity contribution is 8.01. The van der Waals surface area contributed by atoms with Gasteiger partial charge >= 0.3 is 0 Å². The van der Waals surface area contributed by atoms with Gasteiger partial charge in [0.25, 0.3) is 0 Å². The lowest BCUT2D eigenvalue weighted by Gasteiger charge is -2.33. The van der Waals surface area contributed by atoms with Crippen molar-refractivity contribution in [3.63, 3.8) is 0 Å². The van der Waals surface area contributed by atoms with E-state index in [2.05, 4.69) is 35.3 Å². The van der Waals surface area contributed by atoms with Gasteiger partial charge in [-0.3, -0.25) is 4.79 Å². The van der Waals surface area contributed by atoms with Crippen molar-refractivity contribution < 1.29 is 4.79 Å². The second-order valence-corrected chi connectivity index (χ2v) is 8.60. The monoisotopic (exact) mass is 368 g/mol. The van der Waals surface area contributed by atoms with Crippen molar-refractivity contribution in [1.82, 2.24) is 9.88 Å². The van der Waals surface area contributed by atoms with Crippen LogP contribution < -0.4 is 0 Å². The quantitative estimate of drug-likeness (QED) is 0.613. The van der Waals surface area contributed by atoms with Gasteiger partial charge < -0.3 is 4.90 Å². The lowest BCUT2D eigenvalue weighted by molar-refractivity contribution is -0.129. The van der Waals surface area contributed by atoms with Crippen LogP contribution in [0.3, 0.4) is 0 Å². The van der Waals surface area contributed by atoms with E-state index in [9.17, 15) is 4.79 Å². The van der Waals surface area contributed by atoms with Crippen LogP contribution in [0.25, 0.3) is 10.2 Å². The first kappa shape index (κ1) is 16.6. The molecule has 128 valence electrons. The Bertz CT molecular complexity index is 872. The van der Waals surface area contributed by atoms with Crippen LogP contribution in [0.2, 0.25) is 0 Å². The maximum absolute atomic E-state index is 12.7. The smallest absolute Gasteiger partial charge is 0.233 e. The number of carbonyl (C=O) groups excluding carboxylic acids is 1. The van der Waals surface area contributed by atoms with Gasteiger partial charge in [-0.1, -0.05) is 48.2 Å². The lowest BCUT2D eigenvalue weighted by atomic mass is 9.87. The number of amides is 1. The Morgan fingerprint density at radius 3 is 2.92 bits per heavy atom. The van der Waals surface area contributed by atoms with Crippen LogP contribution in [0.1, 0.15) is 30.0 Å². The van der Waals surface area contributed by atoms with Crippen LogP contribution in [0.15, 0.2) is 52.9 Å². The van der Waals surface area contributed by atoms with Crippen molar-refractivity contribution >= 4 is 39.2 Å². The number of thiazole rings is 1. The van der Waals surface area contributed by atoms with E-state index in [4.69, 9.17) is 0 Å². The fourth-order valence-corrected chi connectivity index (χ4v) is 5.43. The molecule has 4 rings (SSSR count). The molecular weight excluding hydrogens is 348 g/mol. The van der Waals surface area contributed by atoms with Crippen LogP contribution in [0.5, 0.6) is 0 Å². The molecule has 0 radical (unpaired) electrons. The average Bonchev–Trinajstić information content (AvgIpc) is 3.08. The first-order chi connectivity index (χ1) is 12.2. The van der Waals surface area contributed by atoms with Gasteiger partial charge in [-0.2, -0.15) is 0 Å². The maximum atomic E-state index is 12.7. The van der Waals surface area contributed by atoms with Crippen molar-refractivity contribution in [1.29, 1.82) is 0 Å². The topological polar surface area (TPSA) is 33.2 Å². The van der Waals surface area contributed by atoms with Gasteiger partial charge in [0.1, 0.15) is 0 Å². The number of fused-ring (bicyclic) bond motifs is 2. The fraction of sp³-hybridized carbons (Fsp3) is 0.300. The van der Waals surface area contributed by atoms with Gasteiger partial charge in [-0.15, -0.1) is 11.3 Å². The minimum Gasteiger partial charge on any atom is -0.338 e. The van der Waals surface area contributed by atoms with E-state index in [1.807, 2.05) is 30.1 Å². The van der Waals surface area contributed by atoms with E-state index >= 15 is 0 Å². The zero-order chi connectivity index (χ0) is 17.2. The van der Waals surface area contributed by atoms with Crippen molar-refractivity contribution in [3.8, 4) is 0 Å². The highest BCUT2D eigenvalue weighted by Crippen LogP contribution is 2.34. The Morgan fingerprint density at radius 2 is 2.04 bits per heavy atom. The SMILES string of the molecule is CN(C(=O)CSc1nc2ccccc2s1)C1CCCc2ccccc21. The highest BCUT2D eigenvalue weighted by Gasteiger charge is 2.26. The Morgan fingerprint density at radius 1 is 1.24 bits per heavy atom. The molecule has 3 nitrogen and oxygen atoms in total. The van der Waals surface area contributed by atoms with Crippen LogP contribution in [0.4, 0.5) is 0 Å². The summed E-state index contributed by atoms with van der Waals surface area (Å²) in [6, 6.07) is 16.8. The normalized spacial score (nSPS) is 16.6. The first-order valence-corrected chi connectivity index (χ1v) is 10.3. The van der Waals surface area contributed by atoms with Gasteiger partial charge in [0.05, 0.1) is 22.0 Å². The van der Waals surface area contributed by atoms with Gasteiger partial charge in [0.2, 0.25) is 5.91 Å². The molecule has 1 aliphatic rings. The summed E-state index contributed by atoms with van der Waals surface area (Å²) in [5.41, 5.74) is 3.71. The highest BCUT2D eigenvalue weighted by atomic mass is 32.2. The second kappa shape index (κ2) is 7.18. The number of aromatic nitrogens is 1. The summed E-state index contributed by atoms with van der Waals surface area (Å²) in [6.07, 6.45) is 3.31.